The number of rotatable bonds is 5. The molecule has 0 saturated carbocycles. The van der Waals surface area contributed by atoms with Gasteiger partial charge in [-0.1, -0.05) is 13.2 Å². The molecule has 0 spiro atoms. The van der Waals surface area contributed by atoms with E-state index in [1.807, 2.05) is 0 Å². The highest BCUT2D eigenvalue weighted by atomic mass is 35.5. The molecular weight excluding hydrogens is 136 g/mol. The van der Waals surface area contributed by atoms with Crippen LogP contribution in [0.15, 0.2) is 25.0 Å². The van der Waals surface area contributed by atoms with Gasteiger partial charge in [0.15, 0.2) is 0 Å². The molecule has 1 nitrogen and oxygen atoms in total. The second kappa shape index (κ2) is 5.70. The molecule has 0 radical (unpaired) electrons. The summed E-state index contributed by atoms with van der Waals surface area (Å²) < 4.78 is 5.03. The number of halogens is 1. The fourth-order valence-corrected chi connectivity index (χ4v) is 0.426. The summed E-state index contributed by atoms with van der Waals surface area (Å²) in [6.07, 6.45) is 2.43. The molecule has 0 N–H and O–H groups in total. The number of alkyl halides is 1. The molecule has 0 unspecified atom stereocenters. The summed E-state index contributed by atoms with van der Waals surface area (Å²) in [5.41, 5.74) is 0. The molecule has 9 heavy (non-hydrogen) atoms. The van der Waals surface area contributed by atoms with E-state index in [0.717, 1.165) is 6.42 Å². The molecule has 0 heterocycles. The van der Waals surface area contributed by atoms with Crippen molar-refractivity contribution in [2.45, 2.75) is 6.42 Å². The Kier molecular flexibility index (Phi) is 5.43. The molecule has 0 aromatic rings. The first-order valence-corrected chi connectivity index (χ1v) is 3.35. The third-order valence-electron chi connectivity index (χ3n) is 0.793. The van der Waals surface area contributed by atoms with Crippen molar-refractivity contribution in [3.8, 4) is 0 Å². The van der Waals surface area contributed by atoms with Crippen molar-refractivity contribution in [3.05, 3.63) is 25.0 Å². The Balaban J connectivity index is 3.07. The van der Waals surface area contributed by atoms with Gasteiger partial charge in [-0.05, 0) is 12.5 Å². The largest absolute Gasteiger partial charge is 0.494 e. The molecule has 0 rings (SSSR count). The van der Waals surface area contributed by atoms with Crippen LogP contribution >= 0.6 is 11.6 Å². The van der Waals surface area contributed by atoms with E-state index in [9.17, 15) is 0 Å². The summed E-state index contributed by atoms with van der Waals surface area (Å²) in [5.74, 6) is 1.24. The number of allylic oxidation sites excluding steroid dienone is 1. The van der Waals surface area contributed by atoms with Crippen molar-refractivity contribution < 1.29 is 4.74 Å². The first-order chi connectivity index (χ1) is 4.31. The lowest BCUT2D eigenvalue weighted by molar-refractivity contribution is 0.227. The standard InChI is InChI=1S/C7H11ClO/c1-3-7(2)9-6-4-5-8/h3H,1-2,4-6H2. The van der Waals surface area contributed by atoms with Gasteiger partial charge in [-0.2, -0.15) is 0 Å². The van der Waals surface area contributed by atoms with E-state index in [4.69, 9.17) is 16.3 Å². The summed E-state index contributed by atoms with van der Waals surface area (Å²) in [5, 5.41) is 0. The smallest absolute Gasteiger partial charge is 0.111 e. The maximum Gasteiger partial charge on any atom is 0.111 e. The summed E-state index contributed by atoms with van der Waals surface area (Å²) in [4.78, 5) is 0. The van der Waals surface area contributed by atoms with E-state index in [0.29, 0.717) is 18.2 Å². The van der Waals surface area contributed by atoms with E-state index in [2.05, 4.69) is 13.2 Å². The molecule has 0 saturated heterocycles. The average Bonchev–Trinajstić information content (AvgIpc) is 1.89. The minimum absolute atomic E-state index is 0.611. The predicted octanol–water partition coefficient (Wildman–Crippen LogP) is 2.33. The van der Waals surface area contributed by atoms with Crippen LogP contribution in [-0.2, 0) is 4.74 Å². The highest BCUT2D eigenvalue weighted by molar-refractivity contribution is 6.17. The zero-order valence-corrected chi connectivity index (χ0v) is 6.16. The Labute approximate surface area is 61.0 Å². The Morgan fingerprint density at radius 1 is 1.67 bits per heavy atom. The van der Waals surface area contributed by atoms with Gasteiger partial charge in [0.25, 0.3) is 0 Å². The lowest BCUT2D eigenvalue weighted by atomic mass is 10.5. The van der Waals surface area contributed by atoms with Crippen molar-refractivity contribution in [1.82, 2.24) is 0 Å². The first-order valence-electron chi connectivity index (χ1n) is 2.81. The molecule has 0 aliphatic heterocycles. The second-order valence-corrected chi connectivity index (χ2v) is 1.94. The molecule has 0 amide bonds. The van der Waals surface area contributed by atoms with Gasteiger partial charge < -0.3 is 4.74 Å². The SMILES string of the molecule is C=CC(=C)OCCCCl. The van der Waals surface area contributed by atoms with Crippen LogP contribution in [0.1, 0.15) is 6.42 Å². The van der Waals surface area contributed by atoms with Crippen LogP contribution in [-0.4, -0.2) is 12.5 Å². The Bertz CT molecular complexity index is 99.1. The van der Waals surface area contributed by atoms with Crippen molar-refractivity contribution >= 4 is 11.6 Å². The quantitative estimate of drug-likeness (QED) is 0.250. The van der Waals surface area contributed by atoms with Gasteiger partial charge >= 0.3 is 0 Å². The van der Waals surface area contributed by atoms with E-state index in [1.165, 1.54) is 0 Å². The molecule has 0 bridgehead atoms. The minimum atomic E-state index is 0.611. The van der Waals surface area contributed by atoms with Crippen LogP contribution in [0.4, 0.5) is 0 Å². The fourth-order valence-electron chi connectivity index (χ4n) is 0.317. The Morgan fingerprint density at radius 3 is 2.78 bits per heavy atom. The summed E-state index contributed by atoms with van der Waals surface area (Å²) in [7, 11) is 0. The van der Waals surface area contributed by atoms with Crippen LogP contribution in [0.5, 0.6) is 0 Å². The van der Waals surface area contributed by atoms with Gasteiger partial charge in [0.05, 0.1) is 6.61 Å². The van der Waals surface area contributed by atoms with Crippen LogP contribution in [0.3, 0.4) is 0 Å². The van der Waals surface area contributed by atoms with Crippen LogP contribution in [0, 0.1) is 0 Å². The van der Waals surface area contributed by atoms with E-state index in [1.54, 1.807) is 6.08 Å². The summed E-state index contributed by atoms with van der Waals surface area (Å²) in [6, 6.07) is 0. The zero-order chi connectivity index (χ0) is 7.11. The molecule has 2 heteroatoms. The third-order valence-corrected chi connectivity index (χ3v) is 1.06. The third kappa shape index (κ3) is 5.44. The molecule has 0 aliphatic carbocycles. The Hall–Kier alpha value is -0.430. The van der Waals surface area contributed by atoms with Crippen molar-refractivity contribution in [2.24, 2.45) is 0 Å². The fraction of sp³-hybridized carbons (Fsp3) is 0.429. The number of hydrogen-bond donors (Lipinski definition) is 0. The minimum Gasteiger partial charge on any atom is -0.494 e. The maximum absolute atomic E-state index is 5.39. The molecule has 52 valence electrons. The molecular formula is C7H11ClO. The summed E-state index contributed by atoms with van der Waals surface area (Å²) >= 11 is 5.39. The number of hydrogen-bond acceptors (Lipinski definition) is 1. The molecule has 0 aliphatic rings. The molecule has 0 fully saturated rings. The Morgan fingerprint density at radius 2 is 2.33 bits per heavy atom. The maximum atomic E-state index is 5.39. The van der Waals surface area contributed by atoms with Crippen molar-refractivity contribution in [3.63, 3.8) is 0 Å². The molecule has 0 atom stereocenters. The second-order valence-electron chi connectivity index (χ2n) is 1.56. The predicted molar refractivity (Wildman–Crippen MR) is 40.6 cm³/mol. The highest BCUT2D eigenvalue weighted by Crippen LogP contribution is 1.95. The van der Waals surface area contributed by atoms with Gasteiger partial charge in [-0.15, -0.1) is 11.6 Å². The van der Waals surface area contributed by atoms with Gasteiger partial charge in [0.1, 0.15) is 5.76 Å². The van der Waals surface area contributed by atoms with E-state index >= 15 is 0 Å². The van der Waals surface area contributed by atoms with Crippen LogP contribution in [0.25, 0.3) is 0 Å². The van der Waals surface area contributed by atoms with Crippen molar-refractivity contribution in [1.29, 1.82) is 0 Å². The topological polar surface area (TPSA) is 9.23 Å². The highest BCUT2D eigenvalue weighted by Gasteiger charge is 1.85. The van der Waals surface area contributed by atoms with Gasteiger partial charge in [-0.25, -0.2) is 0 Å². The lowest BCUT2D eigenvalue weighted by Gasteiger charge is -2.01. The van der Waals surface area contributed by atoms with Crippen LogP contribution in [0.2, 0.25) is 0 Å². The van der Waals surface area contributed by atoms with Crippen LogP contribution < -0.4 is 0 Å². The van der Waals surface area contributed by atoms with Gasteiger partial charge in [0.2, 0.25) is 0 Å². The van der Waals surface area contributed by atoms with Gasteiger partial charge in [0, 0.05) is 5.88 Å². The van der Waals surface area contributed by atoms with E-state index in [-0.39, 0.29) is 0 Å². The monoisotopic (exact) mass is 146 g/mol. The lowest BCUT2D eigenvalue weighted by Crippen LogP contribution is -1.91. The number of ether oxygens (including phenoxy) is 1. The zero-order valence-electron chi connectivity index (χ0n) is 5.40. The summed E-state index contributed by atoms with van der Waals surface area (Å²) in [6.45, 7) is 7.68. The molecule has 0 aromatic heterocycles. The first kappa shape index (κ1) is 8.57. The van der Waals surface area contributed by atoms with Gasteiger partial charge in [-0.3, -0.25) is 0 Å². The average molecular weight is 147 g/mol. The molecule has 0 aromatic carbocycles. The normalized spacial score (nSPS) is 8.56. The van der Waals surface area contributed by atoms with Crippen molar-refractivity contribution in [2.75, 3.05) is 12.5 Å². The van der Waals surface area contributed by atoms with E-state index < -0.39 is 0 Å².